The number of aliphatic carboxylic acids is 1. The van der Waals surface area contributed by atoms with Crippen LogP contribution in [0, 0.1) is 0 Å². The van der Waals surface area contributed by atoms with Crippen molar-refractivity contribution >= 4 is 35.1 Å². The Balaban J connectivity index is 2.75. The second-order valence-electron chi connectivity index (χ2n) is 4.14. The van der Waals surface area contributed by atoms with Crippen LogP contribution >= 0.6 is 23.2 Å². The zero-order valence-electron chi connectivity index (χ0n) is 10.5. The minimum atomic E-state index is -1.04. The maximum atomic E-state index is 11.9. The molecule has 19 heavy (non-hydrogen) atoms. The monoisotopic (exact) mass is 303 g/mol. The SMILES string of the molecule is CCCCC(NC(=O)c1ccc(Cl)c(Cl)c1)C(=O)O. The molecule has 0 saturated carbocycles. The molecule has 6 heteroatoms. The third-order valence-corrected chi connectivity index (χ3v) is 3.37. The van der Waals surface area contributed by atoms with E-state index in [1.165, 1.54) is 18.2 Å². The Morgan fingerprint density at radius 3 is 2.53 bits per heavy atom. The molecular formula is C13H15Cl2NO3. The summed E-state index contributed by atoms with van der Waals surface area (Å²) in [4.78, 5) is 22.9. The number of hydrogen-bond acceptors (Lipinski definition) is 2. The van der Waals surface area contributed by atoms with Gasteiger partial charge in [-0.25, -0.2) is 4.79 Å². The summed E-state index contributed by atoms with van der Waals surface area (Å²) in [5, 5.41) is 12.1. The van der Waals surface area contributed by atoms with Crippen LogP contribution in [0.3, 0.4) is 0 Å². The fraction of sp³-hybridized carbons (Fsp3) is 0.385. The van der Waals surface area contributed by atoms with Crippen LogP contribution in [0.15, 0.2) is 18.2 Å². The van der Waals surface area contributed by atoms with Crippen molar-refractivity contribution in [2.24, 2.45) is 0 Å². The van der Waals surface area contributed by atoms with Gasteiger partial charge in [0, 0.05) is 5.56 Å². The van der Waals surface area contributed by atoms with Crippen LogP contribution in [-0.2, 0) is 4.79 Å². The summed E-state index contributed by atoms with van der Waals surface area (Å²) in [6.07, 6.45) is 2.00. The lowest BCUT2D eigenvalue weighted by Gasteiger charge is -2.14. The molecule has 1 atom stereocenters. The van der Waals surface area contributed by atoms with E-state index in [2.05, 4.69) is 5.32 Å². The number of nitrogens with one attached hydrogen (secondary N) is 1. The molecule has 2 N–H and O–H groups in total. The highest BCUT2D eigenvalue weighted by Crippen LogP contribution is 2.22. The van der Waals surface area contributed by atoms with Crippen LogP contribution in [0.2, 0.25) is 10.0 Å². The Kier molecular flexibility index (Phi) is 6.12. The van der Waals surface area contributed by atoms with Gasteiger partial charge in [-0.3, -0.25) is 4.79 Å². The summed E-state index contributed by atoms with van der Waals surface area (Å²) in [7, 11) is 0. The highest BCUT2D eigenvalue weighted by atomic mass is 35.5. The molecule has 0 aliphatic heterocycles. The van der Waals surface area contributed by atoms with E-state index in [-0.39, 0.29) is 10.6 Å². The van der Waals surface area contributed by atoms with Gasteiger partial charge in [0.15, 0.2) is 0 Å². The van der Waals surface area contributed by atoms with Gasteiger partial charge >= 0.3 is 5.97 Å². The van der Waals surface area contributed by atoms with Gasteiger partial charge in [-0.05, 0) is 24.6 Å². The van der Waals surface area contributed by atoms with Crippen LogP contribution in [-0.4, -0.2) is 23.0 Å². The lowest BCUT2D eigenvalue weighted by Crippen LogP contribution is -2.40. The smallest absolute Gasteiger partial charge is 0.326 e. The van der Waals surface area contributed by atoms with E-state index in [0.29, 0.717) is 11.4 Å². The molecule has 0 aliphatic carbocycles. The molecule has 0 aliphatic rings. The van der Waals surface area contributed by atoms with Gasteiger partial charge in [-0.15, -0.1) is 0 Å². The molecule has 0 heterocycles. The van der Waals surface area contributed by atoms with Crippen molar-refractivity contribution in [2.45, 2.75) is 32.2 Å². The van der Waals surface area contributed by atoms with Gasteiger partial charge in [-0.1, -0.05) is 43.0 Å². The molecule has 0 bridgehead atoms. The van der Waals surface area contributed by atoms with E-state index in [9.17, 15) is 9.59 Å². The third kappa shape index (κ3) is 4.73. The number of carboxylic acid groups (broad SMARTS) is 1. The molecule has 4 nitrogen and oxygen atoms in total. The Morgan fingerprint density at radius 2 is 2.00 bits per heavy atom. The van der Waals surface area contributed by atoms with Gasteiger partial charge in [0.05, 0.1) is 10.0 Å². The molecule has 1 unspecified atom stereocenters. The molecule has 0 saturated heterocycles. The standard InChI is InChI=1S/C13H15Cl2NO3/c1-2-3-4-11(13(18)19)16-12(17)8-5-6-9(14)10(15)7-8/h5-7,11H,2-4H2,1H3,(H,16,17)(H,18,19). The highest BCUT2D eigenvalue weighted by molar-refractivity contribution is 6.42. The van der Waals surface area contributed by atoms with Crippen molar-refractivity contribution in [1.29, 1.82) is 0 Å². The Bertz CT molecular complexity index is 477. The summed E-state index contributed by atoms with van der Waals surface area (Å²) in [5.41, 5.74) is 0.289. The first-order chi connectivity index (χ1) is 8.95. The van der Waals surface area contributed by atoms with Gasteiger partial charge < -0.3 is 10.4 Å². The predicted octanol–water partition coefficient (Wildman–Crippen LogP) is 3.37. The average Bonchev–Trinajstić information content (AvgIpc) is 2.37. The number of hydrogen-bond donors (Lipinski definition) is 2. The summed E-state index contributed by atoms with van der Waals surface area (Å²) >= 11 is 11.6. The molecule has 1 amide bonds. The fourth-order valence-electron chi connectivity index (χ4n) is 1.54. The number of amides is 1. The van der Waals surface area contributed by atoms with E-state index in [1.54, 1.807) is 0 Å². The second-order valence-corrected chi connectivity index (χ2v) is 4.95. The molecule has 1 aromatic rings. The quantitative estimate of drug-likeness (QED) is 0.847. The summed E-state index contributed by atoms with van der Waals surface area (Å²) in [5.74, 6) is -1.51. The zero-order valence-corrected chi connectivity index (χ0v) is 12.0. The average molecular weight is 304 g/mol. The maximum absolute atomic E-state index is 11.9. The molecule has 1 rings (SSSR count). The van der Waals surface area contributed by atoms with E-state index < -0.39 is 17.9 Å². The molecule has 0 radical (unpaired) electrons. The van der Waals surface area contributed by atoms with Gasteiger partial charge in [-0.2, -0.15) is 0 Å². The van der Waals surface area contributed by atoms with Crippen molar-refractivity contribution < 1.29 is 14.7 Å². The second kappa shape index (κ2) is 7.36. The van der Waals surface area contributed by atoms with E-state index in [1.807, 2.05) is 6.92 Å². The largest absolute Gasteiger partial charge is 0.480 e. The van der Waals surface area contributed by atoms with Crippen LogP contribution in [0.5, 0.6) is 0 Å². The first kappa shape index (κ1) is 15.8. The molecular weight excluding hydrogens is 289 g/mol. The minimum absolute atomic E-state index is 0.259. The van der Waals surface area contributed by atoms with E-state index in [0.717, 1.165) is 12.8 Å². The first-order valence-electron chi connectivity index (χ1n) is 5.94. The lowest BCUT2D eigenvalue weighted by atomic mass is 10.1. The van der Waals surface area contributed by atoms with Crippen LogP contribution < -0.4 is 5.32 Å². The van der Waals surface area contributed by atoms with Crippen molar-refractivity contribution in [3.8, 4) is 0 Å². The highest BCUT2D eigenvalue weighted by Gasteiger charge is 2.20. The van der Waals surface area contributed by atoms with Crippen LogP contribution in [0.4, 0.5) is 0 Å². The molecule has 0 aromatic heterocycles. The number of halogens is 2. The number of carboxylic acids is 1. The predicted molar refractivity (Wildman–Crippen MR) is 74.9 cm³/mol. The Hall–Kier alpha value is -1.26. The molecule has 0 spiro atoms. The Labute approximate surface area is 121 Å². The number of carbonyl (C=O) groups is 2. The Morgan fingerprint density at radius 1 is 1.32 bits per heavy atom. The van der Waals surface area contributed by atoms with Crippen molar-refractivity contribution in [3.05, 3.63) is 33.8 Å². The lowest BCUT2D eigenvalue weighted by molar-refractivity contribution is -0.139. The fourth-order valence-corrected chi connectivity index (χ4v) is 1.84. The summed E-state index contributed by atoms with van der Waals surface area (Å²) < 4.78 is 0. The van der Waals surface area contributed by atoms with Crippen molar-refractivity contribution in [3.63, 3.8) is 0 Å². The number of rotatable bonds is 6. The minimum Gasteiger partial charge on any atom is -0.480 e. The van der Waals surface area contributed by atoms with Crippen LogP contribution in [0.1, 0.15) is 36.5 Å². The molecule has 0 fully saturated rings. The number of carbonyl (C=O) groups excluding carboxylic acids is 1. The van der Waals surface area contributed by atoms with Gasteiger partial charge in [0.1, 0.15) is 6.04 Å². The third-order valence-electron chi connectivity index (χ3n) is 2.63. The molecule has 104 valence electrons. The normalized spacial score (nSPS) is 11.9. The zero-order chi connectivity index (χ0) is 14.4. The topological polar surface area (TPSA) is 66.4 Å². The van der Waals surface area contributed by atoms with Gasteiger partial charge in [0.2, 0.25) is 0 Å². The summed E-state index contributed by atoms with van der Waals surface area (Å²) in [6.45, 7) is 1.96. The number of benzene rings is 1. The van der Waals surface area contributed by atoms with Crippen molar-refractivity contribution in [2.75, 3.05) is 0 Å². The molecule has 1 aromatic carbocycles. The van der Waals surface area contributed by atoms with Crippen LogP contribution in [0.25, 0.3) is 0 Å². The van der Waals surface area contributed by atoms with Gasteiger partial charge in [0.25, 0.3) is 5.91 Å². The van der Waals surface area contributed by atoms with Crippen molar-refractivity contribution in [1.82, 2.24) is 5.32 Å². The number of unbranched alkanes of at least 4 members (excludes halogenated alkanes) is 1. The maximum Gasteiger partial charge on any atom is 0.326 e. The van der Waals surface area contributed by atoms with E-state index >= 15 is 0 Å². The first-order valence-corrected chi connectivity index (χ1v) is 6.70. The summed E-state index contributed by atoms with van der Waals surface area (Å²) in [6, 6.07) is 3.53. The van der Waals surface area contributed by atoms with E-state index in [4.69, 9.17) is 28.3 Å².